The molecule has 1 unspecified atom stereocenters. The van der Waals surface area contributed by atoms with Gasteiger partial charge in [-0.05, 0) is 37.1 Å². The van der Waals surface area contributed by atoms with E-state index in [1.165, 1.54) is 12.0 Å². The molecule has 4 heteroatoms. The lowest BCUT2D eigenvalue weighted by Gasteiger charge is -2.23. The molecule has 3 rings (SSSR count). The highest BCUT2D eigenvalue weighted by atomic mass is 35.5. The highest BCUT2D eigenvalue weighted by molar-refractivity contribution is 6.30. The van der Waals surface area contributed by atoms with Gasteiger partial charge in [0.2, 0.25) is 0 Å². The third-order valence-corrected chi connectivity index (χ3v) is 3.77. The van der Waals surface area contributed by atoms with Crippen LogP contribution in [0, 0.1) is 0 Å². The standard InChI is InChI=1S/C14H18ClNO2/c15-12-6-10-3-5-17-14(10)11(7-12)9-18-13-2-1-4-16-8-13/h6-7,13,16H,1-5,8-9H2. The summed E-state index contributed by atoms with van der Waals surface area (Å²) in [6.07, 6.45) is 3.59. The van der Waals surface area contributed by atoms with Crippen LogP contribution < -0.4 is 10.1 Å². The molecule has 0 aromatic heterocycles. The topological polar surface area (TPSA) is 30.5 Å². The lowest BCUT2D eigenvalue weighted by molar-refractivity contribution is 0.0244. The minimum atomic E-state index is 0.315. The van der Waals surface area contributed by atoms with Crippen molar-refractivity contribution >= 4 is 11.6 Å². The molecule has 1 fully saturated rings. The van der Waals surface area contributed by atoms with Crippen LogP contribution in [0.2, 0.25) is 5.02 Å². The van der Waals surface area contributed by atoms with Gasteiger partial charge in [0, 0.05) is 23.6 Å². The van der Waals surface area contributed by atoms with E-state index in [-0.39, 0.29) is 0 Å². The fraction of sp³-hybridized carbons (Fsp3) is 0.571. The Kier molecular flexibility index (Phi) is 3.73. The van der Waals surface area contributed by atoms with Gasteiger partial charge in [0.15, 0.2) is 0 Å². The van der Waals surface area contributed by atoms with E-state index >= 15 is 0 Å². The summed E-state index contributed by atoms with van der Waals surface area (Å²) in [5.41, 5.74) is 2.29. The molecular formula is C14H18ClNO2. The number of hydrogen-bond donors (Lipinski definition) is 1. The minimum absolute atomic E-state index is 0.315. The number of rotatable bonds is 3. The van der Waals surface area contributed by atoms with Gasteiger partial charge in [-0.3, -0.25) is 0 Å². The maximum absolute atomic E-state index is 6.13. The molecule has 18 heavy (non-hydrogen) atoms. The number of piperidine rings is 1. The third-order valence-electron chi connectivity index (χ3n) is 3.55. The first-order valence-electron chi connectivity index (χ1n) is 6.59. The van der Waals surface area contributed by atoms with Gasteiger partial charge in [-0.25, -0.2) is 0 Å². The second kappa shape index (κ2) is 5.47. The summed E-state index contributed by atoms with van der Waals surface area (Å²) in [4.78, 5) is 0. The zero-order valence-electron chi connectivity index (χ0n) is 10.4. The average molecular weight is 268 g/mol. The fourth-order valence-corrected chi connectivity index (χ4v) is 2.89. The van der Waals surface area contributed by atoms with Gasteiger partial charge < -0.3 is 14.8 Å². The van der Waals surface area contributed by atoms with E-state index in [4.69, 9.17) is 21.1 Å². The molecule has 2 aliphatic heterocycles. The predicted molar refractivity (Wildman–Crippen MR) is 71.3 cm³/mol. The molecule has 98 valence electrons. The van der Waals surface area contributed by atoms with Crippen molar-refractivity contribution in [3.05, 3.63) is 28.3 Å². The largest absolute Gasteiger partial charge is 0.493 e. The fourth-order valence-electron chi connectivity index (χ4n) is 2.62. The van der Waals surface area contributed by atoms with Crippen molar-refractivity contribution in [2.24, 2.45) is 0 Å². The van der Waals surface area contributed by atoms with Gasteiger partial charge in [-0.15, -0.1) is 0 Å². The molecule has 3 nitrogen and oxygen atoms in total. The molecule has 1 N–H and O–H groups in total. The lowest BCUT2D eigenvalue weighted by Crippen LogP contribution is -2.35. The number of nitrogens with one attached hydrogen (secondary N) is 1. The van der Waals surface area contributed by atoms with Crippen molar-refractivity contribution in [1.29, 1.82) is 0 Å². The van der Waals surface area contributed by atoms with Crippen molar-refractivity contribution in [2.75, 3.05) is 19.7 Å². The Morgan fingerprint density at radius 2 is 2.39 bits per heavy atom. The molecule has 0 amide bonds. The minimum Gasteiger partial charge on any atom is -0.493 e. The number of hydrogen-bond acceptors (Lipinski definition) is 3. The summed E-state index contributed by atoms with van der Waals surface area (Å²) in [5, 5.41) is 4.13. The van der Waals surface area contributed by atoms with E-state index in [0.717, 1.165) is 48.9 Å². The summed E-state index contributed by atoms with van der Waals surface area (Å²) in [6, 6.07) is 3.96. The molecule has 0 radical (unpaired) electrons. The van der Waals surface area contributed by atoms with Crippen LogP contribution in [0.4, 0.5) is 0 Å². The third kappa shape index (κ3) is 2.63. The molecule has 0 saturated carbocycles. The van der Waals surface area contributed by atoms with Crippen LogP contribution in [0.5, 0.6) is 5.75 Å². The summed E-state index contributed by atoms with van der Waals surface area (Å²) in [7, 11) is 0. The summed E-state index contributed by atoms with van der Waals surface area (Å²) >= 11 is 6.13. The molecular weight excluding hydrogens is 250 g/mol. The van der Waals surface area contributed by atoms with Crippen LogP contribution in [-0.2, 0) is 17.8 Å². The van der Waals surface area contributed by atoms with Crippen molar-refractivity contribution in [1.82, 2.24) is 5.32 Å². The Morgan fingerprint density at radius 3 is 3.22 bits per heavy atom. The second-order valence-electron chi connectivity index (χ2n) is 4.93. The Morgan fingerprint density at radius 1 is 1.44 bits per heavy atom. The molecule has 1 saturated heterocycles. The van der Waals surface area contributed by atoms with Crippen LogP contribution in [-0.4, -0.2) is 25.8 Å². The molecule has 1 atom stereocenters. The molecule has 2 heterocycles. The number of benzene rings is 1. The monoisotopic (exact) mass is 267 g/mol. The van der Waals surface area contributed by atoms with Gasteiger partial charge >= 0.3 is 0 Å². The van der Waals surface area contributed by atoms with Gasteiger partial charge in [-0.2, -0.15) is 0 Å². The van der Waals surface area contributed by atoms with Gasteiger partial charge in [0.05, 0.1) is 19.3 Å². The first-order chi connectivity index (χ1) is 8.83. The SMILES string of the molecule is Clc1cc2c(c(COC3CCCNC3)c1)OCC2. The smallest absolute Gasteiger partial charge is 0.128 e. The van der Waals surface area contributed by atoms with E-state index in [0.29, 0.717) is 12.7 Å². The van der Waals surface area contributed by atoms with Crippen molar-refractivity contribution in [3.8, 4) is 5.75 Å². The van der Waals surface area contributed by atoms with Crippen molar-refractivity contribution in [2.45, 2.75) is 32.0 Å². The van der Waals surface area contributed by atoms with Crippen LogP contribution in [0.25, 0.3) is 0 Å². The molecule has 1 aromatic carbocycles. The Bertz CT molecular complexity index is 430. The Labute approximate surface area is 112 Å². The summed E-state index contributed by atoms with van der Waals surface area (Å²) in [5.74, 6) is 0.989. The lowest BCUT2D eigenvalue weighted by atomic mass is 10.1. The molecule has 1 aromatic rings. The Balaban J connectivity index is 1.68. The maximum atomic E-state index is 6.13. The zero-order chi connectivity index (χ0) is 12.4. The van der Waals surface area contributed by atoms with Crippen LogP contribution in [0.3, 0.4) is 0 Å². The van der Waals surface area contributed by atoms with E-state index in [1.807, 2.05) is 12.1 Å². The molecule has 2 aliphatic rings. The first-order valence-corrected chi connectivity index (χ1v) is 6.97. The maximum Gasteiger partial charge on any atom is 0.128 e. The van der Waals surface area contributed by atoms with Gasteiger partial charge in [0.1, 0.15) is 5.75 Å². The highest BCUT2D eigenvalue weighted by Crippen LogP contribution is 2.33. The van der Waals surface area contributed by atoms with Crippen LogP contribution in [0.15, 0.2) is 12.1 Å². The quantitative estimate of drug-likeness (QED) is 0.913. The first kappa shape index (κ1) is 12.3. The summed E-state index contributed by atoms with van der Waals surface area (Å²) in [6.45, 7) is 3.40. The average Bonchev–Trinajstić information content (AvgIpc) is 2.85. The molecule has 0 bridgehead atoms. The van der Waals surface area contributed by atoms with Gasteiger partial charge in [-0.1, -0.05) is 11.6 Å². The van der Waals surface area contributed by atoms with Crippen LogP contribution in [0.1, 0.15) is 24.0 Å². The molecule has 0 spiro atoms. The second-order valence-corrected chi connectivity index (χ2v) is 5.37. The van der Waals surface area contributed by atoms with E-state index in [1.54, 1.807) is 0 Å². The van der Waals surface area contributed by atoms with E-state index < -0.39 is 0 Å². The van der Waals surface area contributed by atoms with E-state index in [9.17, 15) is 0 Å². The number of halogens is 1. The summed E-state index contributed by atoms with van der Waals surface area (Å²) < 4.78 is 11.6. The number of fused-ring (bicyclic) bond motifs is 1. The normalized spacial score (nSPS) is 22.6. The van der Waals surface area contributed by atoms with Crippen molar-refractivity contribution < 1.29 is 9.47 Å². The van der Waals surface area contributed by atoms with Crippen LogP contribution >= 0.6 is 11.6 Å². The van der Waals surface area contributed by atoms with Gasteiger partial charge in [0.25, 0.3) is 0 Å². The van der Waals surface area contributed by atoms with Crippen molar-refractivity contribution in [3.63, 3.8) is 0 Å². The molecule has 0 aliphatic carbocycles. The van der Waals surface area contributed by atoms with E-state index in [2.05, 4.69) is 5.32 Å². The predicted octanol–water partition coefficient (Wildman–Crippen LogP) is 2.54. The zero-order valence-corrected chi connectivity index (χ0v) is 11.1. The number of ether oxygens (including phenoxy) is 2. The highest BCUT2D eigenvalue weighted by Gasteiger charge is 2.19. The Hall–Kier alpha value is -0.770.